The van der Waals surface area contributed by atoms with E-state index in [1.54, 1.807) is 6.07 Å². The number of aldehydes is 1. The first kappa shape index (κ1) is 11.7. The molecule has 1 aliphatic rings. The lowest BCUT2D eigenvalue weighted by Crippen LogP contribution is -2.01. The summed E-state index contributed by atoms with van der Waals surface area (Å²) in [6.45, 7) is 1.83. The average molecular weight is 240 g/mol. The van der Waals surface area contributed by atoms with E-state index in [4.69, 9.17) is 14.2 Å². The Labute approximate surface area is 98.3 Å². The second kappa shape index (κ2) is 4.61. The van der Waals surface area contributed by atoms with E-state index in [0.717, 1.165) is 6.29 Å². The van der Waals surface area contributed by atoms with Crippen LogP contribution in [0.15, 0.2) is 6.07 Å². The molecule has 2 rings (SSSR count). The molecule has 1 unspecified atom stereocenters. The van der Waals surface area contributed by atoms with Crippen molar-refractivity contribution in [3.63, 3.8) is 0 Å². The molecule has 0 aromatic heterocycles. The van der Waals surface area contributed by atoms with Crippen LogP contribution in [0, 0.1) is 5.82 Å². The molecule has 0 radical (unpaired) electrons. The van der Waals surface area contributed by atoms with Crippen LogP contribution < -0.4 is 14.2 Å². The molecule has 0 aliphatic carbocycles. The molecule has 0 saturated carbocycles. The van der Waals surface area contributed by atoms with E-state index < -0.39 is 5.82 Å². The molecule has 0 bridgehead atoms. The summed E-state index contributed by atoms with van der Waals surface area (Å²) in [5.41, 5.74) is 0.612. The number of hydrogen-bond acceptors (Lipinski definition) is 4. The van der Waals surface area contributed by atoms with Crippen molar-refractivity contribution >= 4 is 6.29 Å². The highest BCUT2D eigenvalue weighted by atomic mass is 19.1. The lowest BCUT2D eigenvalue weighted by molar-refractivity contribution is -0.108. The van der Waals surface area contributed by atoms with E-state index in [1.807, 2.05) is 6.92 Å². The molecule has 0 saturated heterocycles. The number of fused-ring (bicyclic) bond motifs is 1. The molecule has 4 nitrogen and oxygen atoms in total. The van der Waals surface area contributed by atoms with Crippen LogP contribution in [0.2, 0.25) is 0 Å². The maximum Gasteiger partial charge on any atom is 0.231 e. The summed E-state index contributed by atoms with van der Waals surface area (Å²) in [7, 11) is 1.39. The van der Waals surface area contributed by atoms with Crippen LogP contribution in [0.1, 0.15) is 24.8 Å². The highest BCUT2D eigenvalue weighted by molar-refractivity contribution is 5.57. The van der Waals surface area contributed by atoms with E-state index >= 15 is 0 Å². The van der Waals surface area contributed by atoms with Gasteiger partial charge in [-0.2, -0.15) is 4.39 Å². The van der Waals surface area contributed by atoms with E-state index in [2.05, 4.69) is 0 Å². The zero-order valence-electron chi connectivity index (χ0n) is 9.66. The van der Waals surface area contributed by atoms with Crippen molar-refractivity contribution < 1.29 is 23.4 Å². The molecule has 17 heavy (non-hydrogen) atoms. The molecule has 0 fully saturated rings. The predicted molar refractivity (Wildman–Crippen MR) is 58.2 cm³/mol. The van der Waals surface area contributed by atoms with Gasteiger partial charge in [-0.05, 0) is 12.0 Å². The summed E-state index contributed by atoms with van der Waals surface area (Å²) < 4.78 is 29.2. The zero-order chi connectivity index (χ0) is 12.4. The number of benzene rings is 1. The Morgan fingerprint density at radius 2 is 2.35 bits per heavy atom. The van der Waals surface area contributed by atoms with Gasteiger partial charge in [-0.1, -0.05) is 6.92 Å². The van der Waals surface area contributed by atoms with Crippen LogP contribution in [-0.2, 0) is 4.79 Å². The van der Waals surface area contributed by atoms with Gasteiger partial charge in [0.1, 0.15) is 6.29 Å². The van der Waals surface area contributed by atoms with Gasteiger partial charge in [-0.15, -0.1) is 0 Å². The Balaban J connectivity index is 2.51. The van der Waals surface area contributed by atoms with Crippen molar-refractivity contribution in [2.24, 2.45) is 0 Å². The van der Waals surface area contributed by atoms with Crippen LogP contribution >= 0.6 is 0 Å². The monoisotopic (exact) mass is 240 g/mol. The molecular formula is C12H13FO4. The molecule has 0 amide bonds. The number of rotatable bonds is 4. The normalized spacial score (nSPS) is 14.5. The van der Waals surface area contributed by atoms with Crippen molar-refractivity contribution in [2.75, 3.05) is 13.9 Å². The first-order valence-electron chi connectivity index (χ1n) is 5.28. The lowest BCUT2D eigenvalue weighted by Gasteiger charge is -2.15. The molecule has 0 N–H and O–H groups in total. The van der Waals surface area contributed by atoms with Crippen LogP contribution in [0.5, 0.6) is 17.2 Å². The van der Waals surface area contributed by atoms with Crippen LogP contribution in [0.25, 0.3) is 0 Å². The number of carbonyl (C=O) groups is 1. The van der Waals surface area contributed by atoms with Crippen molar-refractivity contribution in [1.82, 2.24) is 0 Å². The van der Waals surface area contributed by atoms with E-state index in [-0.39, 0.29) is 24.2 Å². The van der Waals surface area contributed by atoms with Crippen molar-refractivity contribution in [3.8, 4) is 17.2 Å². The molecule has 5 heteroatoms. The predicted octanol–water partition coefficient (Wildman–Crippen LogP) is 2.26. The van der Waals surface area contributed by atoms with Gasteiger partial charge in [0, 0.05) is 12.0 Å². The van der Waals surface area contributed by atoms with Crippen molar-refractivity contribution in [1.29, 1.82) is 0 Å². The number of ether oxygens (including phenoxy) is 3. The number of methoxy groups -OCH3 is 1. The van der Waals surface area contributed by atoms with E-state index in [9.17, 15) is 9.18 Å². The topological polar surface area (TPSA) is 44.8 Å². The summed E-state index contributed by atoms with van der Waals surface area (Å²) in [6.07, 6.45) is 1.10. The Morgan fingerprint density at radius 3 is 3.00 bits per heavy atom. The number of carbonyl (C=O) groups excluding carboxylic acids is 1. The Kier molecular flexibility index (Phi) is 3.17. The van der Waals surface area contributed by atoms with Crippen LogP contribution in [0.4, 0.5) is 4.39 Å². The molecule has 1 aromatic rings. The average Bonchev–Trinajstić information content (AvgIpc) is 2.77. The third kappa shape index (κ3) is 1.92. The summed E-state index contributed by atoms with van der Waals surface area (Å²) in [5, 5.41) is 0. The molecule has 1 aliphatic heterocycles. The molecule has 0 spiro atoms. The SMILES string of the molecule is COc1c(C(C)CC=O)cc2c(c1F)OCO2. The van der Waals surface area contributed by atoms with Gasteiger partial charge in [0.25, 0.3) is 0 Å². The molecular weight excluding hydrogens is 227 g/mol. The minimum absolute atomic E-state index is 0.000915. The summed E-state index contributed by atoms with van der Waals surface area (Å²) in [4.78, 5) is 10.5. The third-order valence-electron chi connectivity index (χ3n) is 2.77. The fourth-order valence-electron chi connectivity index (χ4n) is 1.85. The molecule has 92 valence electrons. The maximum absolute atomic E-state index is 14.0. The highest BCUT2D eigenvalue weighted by Gasteiger charge is 2.27. The maximum atomic E-state index is 14.0. The molecule has 1 aromatic carbocycles. The van der Waals surface area contributed by atoms with Crippen molar-refractivity contribution in [3.05, 3.63) is 17.4 Å². The summed E-state index contributed by atoms with van der Waals surface area (Å²) in [5.74, 6) is -0.162. The van der Waals surface area contributed by atoms with Gasteiger partial charge < -0.3 is 19.0 Å². The van der Waals surface area contributed by atoms with Crippen LogP contribution in [-0.4, -0.2) is 20.2 Å². The molecule has 1 atom stereocenters. The first-order valence-corrected chi connectivity index (χ1v) is 5.28. The van der Waals surface area contributed by atoms with Crippen LogP contribution in [0.3, 0.4) is 0 Å². The zero-order valence-corrected chi connectivity index (χ0v) is 9.66. The fourth-order valence-corrected chi connectivity index (χ4v) is 1.85. The standard InChI is InChI=1S/C12H13FO4/c1-7(3-4-14)8-5-9-12(17-6-16-9)10(13)11(8)15-2/h4-5,7H,3,6H2,1-2H3. The van der Waals surface area contributed by atoms with Gasteiger partial charge in [0.2, 0.25) is 18.4 Å². The lowest BCUT2D eigenvalue weighted by atomic mass is 9.96. The minimum Gasteiger partial charge on any atom is -0.493 e. The summed E-state index contributed by atoms with van der Waals surface area (Å²) >= 11 is 0. The second-order valence-corrected chi connectivity index (χ2v) is 3.85. The number of halogens is 1. The smallest absolute Gasteiger partial charge is 0.231 e. The van der Waals surface area contributed by atoms with Gasteiger partial charge in [0.05, 0.1) is 7.11 Å². The Bertz CT molecular complexity index is 445. The van der Waals surface area contributed by atoms with Gasteiger partial charge >= 0.3 is 0 Å². The quantitative estimate of drug-likeness (QED) is 0.757. The second-order valence-electron chi connectivity index (χ2n) is 3.85. The summed E-state index contributed by atoms with van der Waals surface area (Å²) in [6, 6.07) is 1.67. The first-order chi connectivity index (χ1) is 8.19. The van der Waals surface area contributed by atoms with E-state index in [1.165, 1.54) is 7.11 Å². The van der Waals surface area contributed by atoms with Crippen molar-refractivity contribution in [2.45, 2.75) is 19.3 Å². The minimum atomic E-state index is -0.574. The largest absolute Gasteiger partial charge is 0.493 e. The Hall–Kier alpha value is -1.78. The van der Waals surface area contributed by atoms with Gasteiger partial charge in [-0.25, -0.2) is 0 Å². The molecule has 1 heterocycles. The van der Waals surface area contributed by atoms with E-state index in [0.29, 0.717) is 17.7 Å². The third-order valence-corrected chi connectivity index (χ3v) is 2.77. The Morgan fingerprint density at radius 1 is 1.59 bits per heavy atom. The van der Waals surface area contributed by atoms with Gasteiger partial charge in [-0.3, -0.25) is 0 Å². The number of hydrogen-bond donors (Lipinski definition) is 0. The fraction of sp³-hybridized carbons (Fsp3) is 0.417. The highest BCUT2D eigenvalue weighted by Crippen LogP contribution is 2.44. The van der Waals surface area contributed by atoms with Gasteiger partial charge in [0.15, 0.2) is 11.5 Å².